The standard InChI is InChI=1S/C11H16O/c1-10(9-12)8-11-6-4-2-3-5-7-11/h2-4,6-7,10,12H,5,8-9H2,1H3/t10-/m0/s1. The third-order valence-electron chi connectivity index (χ3n) is 1.97. The van der Waals surface area contributed by atoms with Gasteiger partial charge in [0.25, 0.3) is 0 Å². The van der Waals surface area contributed by atoms with Gasteiger partial charge >= 0.3 is 0 Å². The summed E-state index contributed by atoms with van der Waals surface area (Å²) in [5.41, 5.74) is 1.33. The fraction of sp³-hybridized carbons (Fsp3) is 0.455. The van der Waals surface area contributed by atoms with E-state index >= 15 is 0 Å². The molecule has 1 N–H and O–H groups in total. The summed E-state index contributed by atoms with van der Waals surface area (Å²) in [5.74, 6) is 0.374. The highest BCUT2D eigenvalue weighted by Gasteiger charge is 2.02. The van der Waals surface area contributed by atoms with Crippen molar-refractivity contribution in [1.82, 2.24) is 0 Å². The average molecular weight is 164 g/mol. The van der Waals surface area contributed by atoms with Crippen molar-refractivity contribution in [3.05, 3.63) is 36.0 Å². The predicted octanol–water partition coefficient (Wildman–Crippen LogP) is 2.45. The highest BCUT2D eigenvalue weighted by Crippen LogP contribution is 2.14. The van der Waals surface area contributed by atoms with Crippen LogP contribution in [-0.2, 0) is 0 Å². The van der Waals surface area contributed by atoms with Crippen LogP contribution in [0.25, 0.3) is 0 Å². The quantitative estimate of drug-likeness (QED) is 0.679. The number of aliphatic hydroxyl groups excluding tert-OH is 1. The van der Waals surface area contributed by atoms with Gasteiger partial charge in [0.2, 0.25) is 0 Å². The molecule has 66 valence electrons. The first-order valence-electron chi connectivity index (χ1n) is 4.46. The van der Waals surface area contributed by atoms with E-state index in [2.05, 4.69) is 37.3 Å². The van der Waals surface area contributed by atoms with E-state index in [0.717, 1.165) is 12.8 Å². The maximum absolute atomic E-state index is 8.87. The molecule has 0 fully saturated rings. The van der Waals surface area contributed by atoms with Gasteiger partial charge in [-0.2, -0.15) is 0 Å². The molecule has 0 aromatic carbocycles. The first-order valence-corrected chi connectivity index (χ1v) is 4.46. The highest BCUT2D eigenvalue weighted by atomic mass is 16.3. The lowest BCUT2D eigenvalue weighted by Gasteiger charge is -2.07. The molecule has 0 heterocycles. The van der Waals surface area contributed by atoms with E-state index in [0.29, 0.717) is 5.92 Å². The normalized spacial score (nSPS) is 18.7. The van der Waals surface area contributed by atoms with Crippen LogP contribution in [-0.4, -0.2) is 11.7 Å². The molecule has 1 atom stereocenters. The summed E-state index contributed by atoms with van der Waals surface area (Å²) in [5, 5.41) is 8.87. The summed E-state index contributed by atoms with van der Waals surface area (Å²) in [6.45, 7) is 2.34. The second-order valence-corrected chi connectivity index (χ2v) is 3.29. The molecule has 0 saturated heterocycles. The average Bonchev–Trinajstić information content (AvgIpc) is 2.33. The molecule has 0 aliphatic heterocycles. The van der Waals surface area contributed by atoms with E-state index in [-0.39, 0.29) is 6.61 Å². The number of aliphatic hydroxyl groups is 1. The van der Waals surface area contributed by atoms with Crippen LogP contribution in [0.3, 0.4) is 0 Å². The largest absolute Gasteiger partial charge is 0.396 e. The molecular formula is C11H16O. The lowest BCUT2D eigenvalue weighted by Crippen LogP contribution is -2.00. The summed E-state index contributed by atoms with van der Waals surface area (Å²) in [4.78, 5) is 0. The lowest BCUT2D eigenvalue weighted by molar-refractivity contribution is 0.237. The van der Waals surface area contributed by atoms with Gasteiger partial charge in [0.05, 0.1) is 0 Å². The van der Waals surface area contributed by atoms with Gasteiger partial charge in [-0.05, 0) is 18.8 Å². The van der Waals surface area contributed by atoms with Gasteiger partial charge in [0.1, 0.15) is 0 Å². The highest BCUT2D eigenvalue weighted by molar-refractivity contribution is 5.26. The topological polar surface area (TPSA) is 20.2 Å². The Balaban J connectivity index is 2.46. The Morgan fingerprint density at radius 3 is 3.08 bits per heavy atom. The van der Waals surface area contributed by atoms with Crippen molar-refractivity contribution in [3.8, 4) is 0 Å². The second kappa shape index (κ2) is 4.94. The SMILES string of the molecule is C[C@H](CO)CC1=CCC=CC=C1. The van der Waals surface area contributed by atoms with Gasteiger partial charge in [-0.3, -0.25) is 0 Å². The molecule has 0 aromatic heterocycles. The zero-order chi connectivity index (χ0) is 8.81. The van der Waals surface area contributed by atoms with Crippen LogP contribution in [0.1, 0.15) is 19.8 Å². The fourth-order valence-electron chi connectivity index (χ4n) is 1.24. The van der Waals surface area contributed by atoms with Crippen LogP contribution >= 0.6 is 0 Å². The number of hydrogen-bond donors (Lipinski definition) is 1. The molecule has 1 rings (SSSR count). The number of allylic oxidation sites excluding steroid dienone is 6. The Morgan fingerprint density at radius 1 is 1.50 bits per heavy atom. The smallest absolute Gasteiger partial charge is 0.0459 e. The van der Waals surface area contributed by atoms with Gasteiger partial charge in [0.15, 0.2) is 0 Å². The van der Waals surface area contributed by atoms with Gasteiger partial charge in [0, 0.05) is 6.61 Å². The van der Waals surface area contributed by atoms with Crippen LogP contribution in [0.4, 0.5) is 0 Å². The van der Waals surface area contributed by atoms with Crippen LogP contribution in [0, 0.1) is 5.92 Å². The minimum atomic E-state index is 0.276. The van der Waals surface area contributed by atoms with Crippen molar-refractivity contribution in [3.63, 3.8) is 0 Å². The van der Waals surface area contributed by atoms with Crippen molar-refractivity contribution >= 4 is 0 Å². The third-order valence-corrected chi connectivity index (χ3v) is 1.97. The van der Waals surface area contributed by atoms with Gasteiger partial charge in [-0.1, -0.05) is 42.9 Å². The Hall–Kier alpha value is -0.820. The Kier molecular flexibility index (Phi) is 3.81. The van der Waals surface area contributed by atoms with E-state index in [9.17, 15) is 0 Å². The molecule has 1 aliphatic carbocycles. The van der Waals surface area contributed by atoms with Crippen LogP contribution < -0.4 is 0 Å². The van der Waals surface area contributed by atoms with E-state index < -0.39 is 0 Å². The van der Waals surface area contributed by atoms with Crippen molar-refractivity contribution < 1.29 is 5.11 Å². The molecule has 0 radical (unpaired) electrons. The van der Waals surface area contributed by atoms with E-state index in [4.69, 9.17) is 5.11 Å². The minimum absolute atomic E-state index is 0.276. The van der Waals surface area contributed by atoms with Gasteiger partial charge in [-0.15, -0.1) is 0 Å². The molecule has 0 bridgehead atoms. The lowest BCUT2D eigenvalue weighted by atomic mass is 10.0. The molecular weight excluding hydrogens is 148 g/mol. The van der Waals surface area contributed by atoms with Crippen LogP contribution in [0.5, 0.6) is 0 Å². The number of rotatable bonds is 3. The fourth-order valence-corrected chi connectivity index (χ4v) is 1.24. The number of hydrogen-bond acceptors (Lipinski definition) is 1. The molecule has 1 aliphatic rings. The molecule has 0 unspecified atom stereocenters. The second-order valence-electron chi connectivity index (χ2n) is 3.29. The van der Waals surface area contributed by atoms with E-state index in [1.165, 1.54) is 5.57 Å². The van der Waals surface area contributed by atoms with Crippen LogP contribution in [0.15, 0.2) is 36.0 Å². The molecule has 0 aromatic rings. The van der Waals surface area contributed by atoms with Gasteiger partial charge in [-0.25, -0.2) is 0 Å². The van der Waals surface area contributed by atoms with Crippen molar-refractivity contribution in [2.45, 2.75) is 19.8 Å². The van der Waals surface area contributed by atoms with E-state index in [1.807, 2.05) is 0 Å². The summed E-state index contributed by atoms with van der Waals surface area (Å²) in [6, 6.07) is 0. The zero-order valence-corrected chi connectivity index (χ0v) is 7.53. The van der Waals surface area contributed by atoms with Gasteiger partial charge < -0.3 is 5.11 Å². The van der Waals surface area contributed by atoms with Crippen molar-refractivity contribution in [2.24, 2.45) is 5.92 Å². The maximum atomic E-state index is 8.87. The van der Waals surface area contributed by atoms with E-state index in [1.54, 1.807) is 0 Å². The summed E-state index contributed by atoms with van der Waals surface area (Å²) in [7, 11) is 0. The Morgan fingerprint density at radius 2 is 2.33 bits per heavy atom. The molecule has 1 nitrogen and oxygen atoms in total. The summed E-state index contributed by atoms with van der Waals surface area (Å²) in [6.07, 6.45) is 12.6. The molecule has 0 amide bonds. The van der Waals surface area contributed by atoms with Crippen LogP contribution in [0.2, 0.25) is 0 Å². The summed E-state index contributed by atoms with van der Waals surface area (Å²) >= 11 is 0. The molecule has 12 heavy (non-hydrogen) atoms. The zero-order valence-electron chi connectivity index (χ0n) is 7.53. The Labute approximate surface area is 74.1 Å². The predicted molar refractivity (Wildman–Crippen MR) is 51.8 cm³/mol. The Bertz CT molecular complexity index is 211. The minimum Gasteiger partial charge on any atom is -0.396 e. The van der Waals surface area contributed by atoms with Crippen molar-refractivity contribution in [1.29, 1.82) is 0 Å². The molecule has 0 spiro atoms. The molecule has 0 saturated carbocycles. The molecule has 1 heteroatoms. The third kappa shape index (κ3) is 3.05. The maximum Gasteiger partial charge on any atom is 0.0459 e. The monoisotopic (exact) mass is 164 g/mol. The summed E-state index contributed by atoms with van der Waals surface area (Å²) < 4.78 is 0. The van der Waals surface area contributed by atoms with Crippen molar-refractivity contribution in [2.75, 3.05) is 6.61 Å². The first-order chi connectivity index (χ1) is 5.83. The first kappa shape index (κ1) is 9.27.